The normalized spacial score (nSPS) is 22.4. The lowest BCUT2D eigenvalue weighted by Gasteiger charge is -2.32. The lowest BCUT2D eigenvalue weighted by Crippen LogP contribution is -2.48. The number of phosphoric acid groups is 1. The number of benzene rings is 1. The minimum Gasteiger partial charge on any atom is -0.382 e. The van der Waals surface area contributed by atoms with Crippen LogP contribution in [0, 0.1) is 17.1 Å². The molecule has 0 aliphatic carbocycles. The molecule has 2 saturated heterocycles. The van der Waals surface area contributed by atoms with Gasteiger partial charge in [0.05, 0.1) is 43.3 Å². The van der Waals surface area contributed by atoms with E-state index in [0.717, 1.165) is 89.5 Å². The van der Waals surface area contributed by atoms with Crippen LogP contribution in [-0.2, 0) is 39.2 Å². The molecule has 5 rings (SSSR count). The molecule has 0 bridgehead atoms. The second kappa shape index (κ2) is 23.6. The van der Waals surface area contributed by atoms with Gasteiger partial charge in [-0.1, -0.05) is 89.9 Å². The van der Waals surface area contributed by atoms with Crippen molar-refractivity contribution >= 4 is 25.4 Å². The zero-order chi connectivity index (χ0) is 45.5. The number of alkyl halides is 3. The van der Waals surface area contributed by atoms with Crippen LogP contribution < -0.4 is 5.73 Å². The van der Waals surface area contributed by atoms with Crippen LogP contribution in [0.2, 0.25) is 0 Å². The van der Waals surface area contributed by atoms with Crippen molar-refractivity contribution in [3.05, 3.63) is 59.3 Å². The van der Waals surface area contributed by atoms with Crippen molar-refractivity contribution in [2.45, 2.75) is 172 Å². The highest BCUT2D eigenvalue weighted by Gasteiger charge is 2.64. The van der Waals surface area contributed by atoms with Crippen LogP contribution in [0.3, 0.4) is 0 Å². The molecule has 2 aromatic heterocycles. The Labute approximate surface area is 367 Å². The van der Waals surface area contributed by atoms with Gasteiger partial charge >= 0.3 is 14.0 Å². The molecular weight excluding hydrogens is 847 g/mol. The number of halogens is 4. The number of phosphoric ester groups is 1. The Hall–Kier alpha value is -3.53. The minimum atomic E-state index is -4.75. The highest BCUT2D eigenvalue weighted by Crippen LogP contribution is 2.52. The Balaban J connectivity index is 1.09. The molecule has 0 amide bonds. The summed E-state index contributed by atoms with van der Waals surface area (Å²) < 4.78 is 103. The summed E-state index contributed by atoms with van der Waals surface area (Å²) in [7, 11) is -3.22. The largest absolute Gasteiger partial charge is 0.472 e. The minimum absolute atomic E-state index is 0.0501. The molecule has 1 unspecified atom stereocenters. The number of rotatable bonds is 28. The summed E-state index contributed by atoms with van der Waals surface area (Å²) >= 11 is 0. The van der Waals surface area contributed by atoms with E-state index in [1.807, 2.05) is 6.07 Å². The standard InChI is InChI=1S/C44H63F4N6O8P/c1-42(2)60-39-38(36-20-21-37-41(50)52-31-53-54(36)37)61-43(29-51-3,40(39)62-42)30-59-63(55,56)58-28-35(57-27-33-23-32(26-49)24-34(45)25-33)19-17-15-13-11-9-7-5-4-6-8-10-12-14-16-18-22-44(46,47)48/h20-21,23-25,29,31,35,38-40H,4-19,22,27-28,30H2,1-3H3,(H,55,56)(H2,50,52,53)/t35-,38+,39+,40+,43-/m1/s1. The van der Waals surface area contributed by atoms with Crippen LogP contribution in [0.25, 0.3) is 5.52 Å². The molecule has 1 aromatic carbocycles. The molecule has 2 fully saturated rings. The van der Waals surface area contributed by atoms with E-state index in [1.54, 1.807) is 30.5 Å². The number of fused-ring (bicyclic) bond motifs is 2. The summed E-state index contributed by atoms with van der Waals surface area (Å²) in [5.41, 5.74) is 6.34. The van der Waals surface area contributed by atoms with E-state index in [1.165, 1.54) is 31.7 Å². The van der Waals surface area contributed by atoms with Gasteiger partial charge in [0.2, 0.25) is 0 Å². The summed E-state index contributed by atoms with van der Waals surface area (Å²) in [5, 5.41) is 13.7. The summed E-state index contributed by atoms with van der Waals surface area (Å²) in [6.07, 6.45) is 9.98. The molecule has 19 heteroatoms. The lowest BCUT2D eigenvalue weighted by atomic mass is 9.96. The Kier molecular flexibility index (Phi) is 18.9. The first-order valence-corrected chi connectivity index (χ1v) is 23.6. The molecule has 14 nitrogen and oxygen atoms in total. The Morgan fingerprint density at radius 3 is 2.22 bits per heavy atom. The van der Waals surface area contributed by atoms with Crippen molar-refractivity contribution in [3.8, 4) is 6.07 Å². The van der Waals surface area contributed by atoms with Crippen LogP contribution in [0.4, 0.5) is 23.4 Å². The van der Waals surface area contributed by atoms with Crippen LogP contribution in [0.1, 0.15) is 146 Å². The molecule has 2 aliphatic heterocycles. The van der Waals surface area contributed by atoms with E-state index in [0.29, 0.717) is 29.6 Å². The third kappa shape index (κ3) is 15.6. The first kappa shape index (κ1) is 50.5. The van der Waals surface area contributed by atoms with Crippen molar-refractivity contribution in [2.24, 2.45) is 4.99 Å². The number of hydrogen-bond donors (Lipinski definition) is 2. The first-order chi connectivity index (χ1) is 30.0. The molecule has 3 N–H and O–H groups in total. The fourth-order valence-corrected chi connectivity index (χ4v) is 9.07. The van der Waals surface area contributed by atoms with E-state index >= 15 is 0 Å². The monoisotopic (exact) mass is 910 g/mol. The third-order valence-electron chi connectivity index (χ3n) is 11.3. The van der Waals surface area contributed by atoms with Crippen LogP contribution in [0.5, 0.6) is 0 Å². The zero-order valence-electron chi connectivity index (χ0n) is 36.6. The quantitative estimate of drug-likeness (QED) is 0.0304. The van der Waals surface area contributed by atoms with Crippen LogP contribution in [-0.4, -0.2) is 81.8 Å². The summed E-state index contributed by atoms with van der Waals surface area (Å²) in [6, 6.07) is 9.42. The average Bonchev–Trinajstić information content (AvgIpc) is 3.89. The maximum Gasteiger partial charge on any atom is 0.472 e. The molecule has 0 saturated carbocycles. The average molecular weight is 911 g/mol. The van der Waals surface area contributed by atoms with Gasteiger partial charge in [0, 0.05) is 19.7 Å². The number of nitriles is 1. The summed E-state index contributed by atoms with van der Waals surface area (Å²) in [4.78, 5) is 19.3. The van der Waals surface area contributed by atoms with E-state index in [9.17, 15) is 32.3 Å². The van der Waals surface area contributed by atoms with Crippen molar-refractivity contribution in [2.75, 3.05) is 26.0 Å². The van der Waals surface area contributed by atoms with Gasteiger partial charge in [-0.05, 0) is 62.6 Å². The second-order valence-electron chi connectivity index (χ2n) is 17.0. The fraction of sp³-hybridized carbons (Fsp3) is 0.682. The molecule has 3 aromatic rings. The van der Waals surface area contributed by atoms with Crippen LogP contribution in [0.15, 0.2) is 41.7 Å². The Bertz CT molecular complexity index is 2010. The summed E-state index contributed by atoms with van der Waals surface area (Å²) in [6.45, 7) is 2.67. The van der Waals surface area contributed by atoms with E-state index in [2.05, 4.69) is 15.1 Å². The fourth-order valence-electron chi connectivity index (χ4n) is 8.27. The number of hydrogen-bond acceptors (Lipinski definition) is 12. The number of unbranched alkanes of at least 4 members (excludes halogenated alkanes) is 14. The van der Waals surface area contributed by atoms with Gasteiger partial charge in [0.1, 0.15) is 36.0 Å². The predicted octanol–water partition coefficient (Wildman–Crippen LogP) is 10.3. The molecule has 2 aliphatic rings. The topological polar surface area (TPSA) is 185 Å². The molecule has 6 atom stereocenters. The van der Waals surface area contributed by atoms with E-state index in [4.69, 9.17) is 33.7 Å². The van der Waals surface area contributed by atoms with Gasteiger partial charge < -0.3 is 29.6 Å². The number of ether oxygens (including phenoxy) is 4. The maximum absolute atomic E-state index is 14.2. The van der Waals surface area contributed by atoms with Crippen molar-refractivity contribution in [3.63, 3.8) is 0 Å². The third-order valence-corrected chi connectivity index (χ3v) is 12.3. The molecule has 63 heavy (non-hydrogen) atoms. The molecular formula is C44H63F4N6O8P. The first-order valence-electron chi connectivity index (χ1n) is 22.1. The van der Waals surface area contributed by atoms with Crippen molar-refractivity contribution < 1.29 is 55.0 Å². The number of aromatic nitrogens is 3. The number of nitrogens with two attached hydrogens (primary N) is 1. The van der Waals surface area contributed by atoms with Gasteiger partial charge in [-0.2, -0.15) is 23.5 Å². The zero-order valence-corrected chi connectivity index (χ0v) is 37.5. The van der Waals surface area contributed by atoms with Crippen LogP contribution >= 0.6 is 7.82 Å². The molecule has 0 radical (unpaired) electrons. The van der Waals surface area contributed by atoms with Gasteiger partial charge in [0.15, 0.2) is 17.2 Å². The predicted molar refractivity (Wildman–Crippen MR) is 228 cm³/mol. The van der Waals surface area contributed by atoms with Gasteiger partial charge in [-0.15, -0.1) is 0 Å². The summed E-state index contributed by atoms with van der Waals surface area (Å²) in [5.74, 6) is -1.34. The van der Waals surface area contributed by atoms with Gasteiger partial charge in [0.25, 0.3) is 0 Å². The lowest BCUT2D eigenvalue weighted by molar-refractivity contribution is -0.201. The van der Waals surface area contributed by atoms with Gasteiger partial charge in [-0.3, -0.25) is 14.0 Å². The number of anilines is 1. The molecule has 0 spiro atoms. The highest BCUT2D eigenvalue weighted by atomic mass is 31.2. The SMILES string of the molecule is CN=C[C@]1(COP(=O)(O)OC[C@@H](CCCCCCCCCCCCCCCCCC(F)(F)F)OCc2cc(F)cc(C#N)c2)O[C@@H](c2ccc3c(N)ncnn23)[C@@H]2OC(C)(C)O[C@@H]21. The maximum atomic E-state index is 14.2. The van der Waals surface area contributed by atoms with E-state index in [-0.39, 0.29) is 31.0 Å². The molecule has 4 heterocycles. The number of nitrogens with zero attached hydrogens (tertiary/aromatic N) is 5. The number of aliphatic imine (C=N–C) groups is 1. The molecule has 350 valence electrons. The second-order valence-corrected chi connectivity index (χ2v) is 18.4. The Morgan fingerprint density at radius 2 is 1.60 bits per heavy atom. The van der Waals surface area contributed by atoms with Gasteiger partial charge in [-0.25, -0.2) is 18.5 Å². The van der Waals surface area contributed by atoms with Crippen molar-refractivity contribution in [1.29, 1.82) is 5.26 Å². The Morgan fingerprint density at radius 1 is 0.968 bits per heavy atom. The van der Waals surface area contributed by atoms with E-state index < -0.39 is 68.6 Å². The highest BCUT2D eigenvalue weighted by molar-refractivity contribution is 7.47. The van der Waals surface area contributed by atoms with Crippen molar-refractivity contribution in [1.82, 2.24) is 14.6 Å². The smallest absolute Gasteiger partial charge is 0.382 e. The number of nitrogen functional groups attached to an aromatic ring is 1.